The van der Waals surface area contributed by atoms with Gasteiger partial charge >= 0.3 is 6.18 Å². The summed E-state index contributed by atoms with van der Waals surface area (Å²) in [5.74, 6) is 0.160. The van der Waals surface area contributed by atoms with Crippen LogP contribution in [0.1, 0.15) is 28.9 Å². The molecule has 0 aliphatic carbocycles. The first-order chi connectivity index (χ1) is 20.1. The molecule has 0 saturated carbocycles. The van der Waals surface area contributed by atoms with E-state index in [1.165, 1.54) is 12.1 Å². The second-order valence-corrected chi connectivity index (χ2v) is 11.5. The highest BCUT2D eigenvalue weighted by atomic mass is 19.4. The Balaban J connectivity index is 1.02. The molecule has 0 unspecified atom stereocenters. The fourth-order valence-electron chi connectivity index (χ4n) is 6.02. The number of hydrogen-bond donors (Lipinski definition) is 4. The van der Waals surface area contributed by atoms with E-state index in [0.29, 0.717) is 18.0 Å². The maximum atomic E-state index is 13.0. The summed E-state index contributed by atoms with van der Waals surface area (Å²) in [7, 11) is 0. The molecule has 4 heterocycles. The molecule has 0 spiro atoms. The quantitative estimate of drug-likeness (QED) is 0.362. The third-order valence-electron chi connectivity index (χ3n) is 8.56. The number of carbonyl (C=O) groups excluding carboxylic acids is 1. The summed E-state index contributed by atoms with van der Waals surface area (Å²) in [5.41, 5.74) is 5.93. The van der Waals surface area contributed by atoms with Gasteiger partial charge in [-0.3, -0.25) is 9.69 Å². The summed E-state index contributed by atoms with van der Waals surface area (Å²) in [5, 5.41) is 24.2. The Hall–Kier alpha value is -2.97. The molecule has 3 fully saturated rings. The van der Waals surface area contributed by atoms with Crippen molar-refractivity contribution in [3.63, 3.8) is 0 Å². The Bertz CT molecular complexity index is 1190. The van der Waals surface area contributed by atoms with Crippen LogP contribution in [0.15, 0.2) is 42.5 Å². The van der Waals surface area contributed by atoms with Crippen molar-refractivity contribution >= 4 is 17.4 Å². The lowest BCUT2D eigenvalue weighted by atomic mass is 9.95. The number of nitrogens with two attached hydrogens (primary N) is 1. The van der Waals surface area contributed by atoms with E-state index in [0.717, 1.165) is 70.4 Å². The van der Waals surface area contributed by atoms with Gasteiger partial charge in [-0.25, -0.2) is 4.98 Å². The number of piperidine rings is 1. The van der Waals surface area contributed by atoms with Crippen LogP contribution < -0.4 is 16.0 Å². The van der Waals surface area contributed by atoms with Gasteiger partial charge in [-0.1, -0.05) is 6.07 Å². The average Bonchev–Trinajstić information content (AvgIpc) is 2.98. The van der Waals surface area contributed by atoms with Crippen molar-refractivity contribution in [1.29, 1.82) is 0 Å². The summed E-state index contributed by atoms with van der Waals surface area (Å²) in [6, 6.07) is 10.2. The van der Waals surface area contributed by atoms with Gasteiger partial charge in [-0.15, -0.1) is 0 Å². The van der Waals surface area contributed by atoms with Gasteiger partial charge in [0.25, 0.3) is 0 Å². The molecule has 4 atom stereocenters. The first-order valence-corrected chi connectivity index (χ1v) is 14.4. The van der Waals surface area contributed by atoms with Crippen molar-refractivity contribution in [2.45, 2.75) is 43.4 Å². The van der Waals surface area contributed by atoms with Crippen molar-refractivity contribution in [3.05, 3.63) is 53.7 Å². The molecule has 0 radical (unpaired) electrons. The molecule has 10 nitrogen and oxygen atoms in total. The van der Waals surface area contributed by atoms with Gasteiger partial charge in [-0.2, -0.15) is 13.2 Å². The summed E-state index contributed by atoms with van der Waals surface area (Å²) in [6.07, 6.45) is -5.37. The van der Waals surface area contributed by atoms with E-state index in [1.54, 1.807) is 12.1 Å². The number of ether oxygens (including phenoxy) is 1. The number of carbonyl (C=O) groups is 1. The lowest BCUT2D eigenvalue weighted by Gasteiger charge is -2.43. The Kier molecular flexibility index (Phi) is 9.53. The maximum absolute atomic E-state index is 13.0. The third-order valence-corrected chi connectivity index (χ3v) is 8.56. The lowest BCUT2D eigenvalue weighted by Crippen LogP contribution is -2.59. The number of aliphatic hydroxyl groups is 2. The molecule has 5 rings (SSSR count). The van der Waals surface area contributed by atoms with Crippen LogP contribution in [0.25, 0.3) is 0 Å². The van der Waals surface area contributed by atoms with Crippen LogP contribution >= 0.6 is 0 Å². The zero-order valence-corrected chi connectivity index (χ0v) is 23.4. The monoisotopic (exact) mass is 592 g/mol. The summed E-state index contributed by atoms with van der Waals surface area (Å²) < 4.78 is 44.8. The van der Waals surface area contributed by atoms with E-state index in [1.807, 2.05) is 12.1 Å². The highest BCUT2D eigenvalue weighted by molar-refractivity contribution is 5.93. The second-order valence-electron chi connectivity index (χ2n) is 11.5. The minimum absolute atomic E-state index is 0.0365. The van der Waals surface area contributed by atoms with Crippen LogP contribution in [0.4, 0.5) is 24.7 Å². The van der Waals surface area contributed by atoms with Crippen LogP contribution in [-0.4, -0.2) is 114 Å². The molecule has 0 bridgehead atoms. The number of aromatic nitrogens is 1. The number of aliphatic hydroxyl groups excluding tert-OH is 2. The number of nitrogens with zero attached hydrogens (tertiary/aromatic N) is 4. The van der Waals surface area contributed by atoms with Gasteiger partial charge in [0.05, 0.1) is 18.8 Å². The average molecular weight is 593 g/mol. The number of benzene rings is 1. The van der Waals surface area contributed by atoms with E-state index in [-0.39, 0.29) is 12.4 Å². The van der Waals surface area contributed by atoms with E-state index >= 15 is 0 Å². The number of amides is 1. The minimum Gasteiger partial charge on any atom is -0.388 e. The number of anilines is 2. The Morgan fingerprint density at radius 1 is 0.952 bits per heavy atom. The Morgan fingerprint density at radius 2 is 1.60 bits per heavy atom. The fraction of sp³-hybridized carbons (Fsp3) is 0.586. The van der Waals surface area contributed by atoms with Gasteiger partial charge in [-0.05, 0) is 55.2 Å². The van der Waals surface area contributed by atoms with E-state index in [2.05, 4.69) is 25.0 Å². The van der Waals surface area contributed by atoms with E-state index in [4.69, 9.17) is 10.5 Å². The van der Waals surface area contributed by atoms with Gasteiger partial charge in [0.1, 0.15) is 23.7 Å². The molecular weight excluding hydrogens is 553 g/mol. The summed E-state index contributed by atoms with van der Waals surface area (Å²) in [4.78, 5) is 21.9. The predicted molar refractivity (Wildman–Crippen MR) is 151 cm³/mol. The zero-order valence-electron chi connectivity index (χ0n) is 23.4. The molecule has 5 N–H and O–H groups in total. The first-order valence-electron chi connectivity index (χ1n) is 14.4. The Labute approximate surface area is 243 Å². The smallest absolute Gasteiger partial charge is 0.388 e. The number of primary amides is 1. The maximum Gasteiger partial charge on any atom is 0.433 e. The highest BCUT2D eigenvalue weighted by Crippen LogP contribution is 2.29. The molecular formula is C29H39F3N6O4. The molecule has 230 valence electrons. The zero-order chi connectivity index (χ0) is 29.9. The van der Waals surface area contributed by atoms with Crippen molar-refractivity contribution < 1.29 is 32.9 Å². The molecule has 1 aromatic carbocycles. The lowest BCUT2D eigenvalue weighted by molar-refractivity contribution is -0.148. The van der Waals surface area contributed by atoms with Crippen molar-refractivity contribution in [1.82, 2.24) is 14.8 Å². The molecule has 1 aromatic heterocycles. The summed E-state index contributed by atoms with van der Waals surface area (Å²) >= 11 is 0. The standard InChI is InChI=1S/C29H39F3N6O4/c30-29(31,32)24-2-1-3-25(35-24)34-22-18-42-23(27(40)26(22)39)17-37-14-12-36(13-15-37)16-19-8-10-38(11-9-19)21-6-4-20(5-7-21)28(33)41/h1-7,19,22-23,26-27,39-40H,8-18H2,(H2,33,41)(H,34,35)/t22-,23+,26+,27-/m0/s1. The first kappa shape index (κ1) is 30.5. The molecule has 2 aromatic rings. The van der Waals surface area contributed by atoms with Gasteiger partial charge in [0, 0.05) is 63.6 Å². The second kappa shape index (κ2) is 13.1. The number of piperazine rings is 1. The van der Waals surface area contributed by atoms with Gasteiger partial charge in [0.2, 0.25) is 5.91 Å². The van der Waals surface area contributed by atoms with Crippen LogP contribution in [0.3, 0.4) is 0 Å². The number of alkyl halides is 3. The summed E-state index contributed by atoms with van der Waals surface area (Å²) in [6.45, 7) is 6.95. The highest BCUT2D eigenvalue weighted by Gasteiger charge is 2.40. The number of rotatable bonds is 8. The molecule has 13 heteroatoms. The van der Waals surface area contributed by atoms with Crippen LogP contribution in [0.5, 0.6) is 0 Å². The molecule has 3 aliphatic heterocycles. The van der Waals surface area contributed by atoms with E-state index < -0.39 is 42.1 Å². The van der Waals surface area contributed by atoms with Crippen molar-refractivity contribution in [3.8, 4) is 0 Å². The van der Waals surface area contributed by atoms with Crippen LogP contribution in [0.2, 0.25) is 0 Å². The SMILES string of the molecule is NC(=O)c1ccc(N2CCC(CN3CCN(C[C@H]4OC[C@H](Nc5cccc(C(F)(F)F)n5)[C@@H](O)[C@H]4O)CC3)CC2)cc1. The Morgan fingerprint density at radius 3 is 2.21 bits per heavy atom. The third kappa shape index (κ3) is 7.51. The van der Waals surface area contributed by atoms with Gasteiger partial charge in [0.15, 0.2) is 0 Å². The van der Waals surface area contributed by atoms with E-state index in [9.17, 15) is 28.2 Å². The largest absolute Gasteiger partial charge is 0.433 e. The number of hydrogen-bond acceptors (Lipinski definition) is 9. The number of nitrogens with one attached hydrogen (secondary N) is 1. The topological polar surface area (TPSA) is 127 Å². The van der Waals surface area contributed by atoms with Crippen LogP contribution in [0, 0.1) is 5.92 Å². The fourth-order valence-corrected chi connectivity index (χ4v) is 6.02. The van der Waals surface area contributed by atoms with Crippen molar-refractivity contribution in [2.75, 3.05) is 69.2 Å². The predicted octanol–water partition coefficient (Wildman–Crippen LogP) is 1.63. The number of halogens is 3. The van der Waals surface area contributed by atoms with Crippen molar-refractivity contribution in [2.24, 2.45) is 11.7 Å². The molecule has 3 aliphatic rings. The molecule has 3 saturated heterocycles. The normalized spacial score (nSPS) is 26.7. The minimum atomic E-state index is -4.58. The van der Waals surface area contributed by atoms with Gasteiger partial charge < -0.3 is 35.8 Å². The number of pyridine rings is 1. The van der Waals surface area contributed by atoms with Crippen LogP contribution in [-0.2, 0) is 10.9 Å². The molecule has 1 amide bonds. The molecule has 42 heavy (non-hydrogen) atoms.